The smallest absolute Gasteiger partial charge is 0.335 e. The van der Waals surface area contributed by atoms with Gasteiger partial charge in [0.25, 0.3) is 5.91 Å². The highest BCUT2D eigenvalue weighted by Gasteiger charge is 2.30. The Bertz CT molecular complexity index is 965. The molecule has 33 heavy (non-hydrogen) atoms. The Labute approximate surface area is 194 Å². The third kappa shape index (κ3) is 6.32. The van der Waals surface area contributed by atoms with Gasteiger partial charge < -0.3 is 26.4 Å². The van der Waals surface area contributed by atoms with E-state index in [-0.39, 0.29) is 23.3 Å². The number of hydrogen-bond donors (Lipinski definition) is 4. The van der Waals surface area contributed by atoms with Crippen molar-refractivity contribution in [2.75, 3.05) is 30.9 Å². The minimum absolute atomic E-state index is 0.130. The van der Waals surface area contributed by atoms with Crippen molar-refractivity contribution in [3.05, 3.63) is 59.7 Å². The van der Waals surface area contributed by atoms with Crippen LogP contribution in [0.1, 0.15) is 47.6 Å². The molecule has 3 rings (SSSR count). The van der Waals surface area contributed by atoms with Crippen LogP contribution in [0.5, 0.6) is 0 Å². The number of nitrogens with two attached hydrogens (primary N) is 1. The number of benzene rings is 2. The number of anilines is 2. The zero-order valence-corrected chi connectivity index (χ0v) is 19.1. The molecule has 0 aromatic heterocycles. The summed E-state index contributed by atoms with van der Waals surface area (Å²) in [6.07, 6.45) is 3.36. The maximum absolute atomic E-state index is 13.2. The van der Waals surface area contributed by atoms with Crippen LogP contribution in [0.25, 0.3) is 0 Å². The van der Waals surface area contributed by atoms with Crippen LogP contribution in [0.15, 0.2) is 48.5 Å². The second kappa shape index (κ2) is 11.0. The first-order valence-corrected chi connectivity index (χ1v) is 11.2. The van der Waals surface area contributed by atoms with E-state index in [2.05, 4.69) is 10.6 Å². The van der Waals surface area contributed by atoms with Crippen LogP contribution < -0.4 is 21.3 Å². The Morgan fingerprint density at radius 3 is 2.12 bits per heavy atom. The molecule has 1 aliphatic rings. The summed E-state index contributed by atoms with van der Waals surface area (Å²) < 4.78 is 0. The number of hydrogen-bond acceptors (Lipinski definition) is 5. The first-order valence-electron chi connectivity index (χ1n) is 11.2. The minimum Gasteiger partial charge on any atom is -0.478 e. The predicted octanol–water partition coefficient (Wildman–Crippen LogP) is 3.01. The second-order valence-corrected chi connectivity index (χ2v) is 8.75. The SMILES string of the molecule is CN(C)c1ccc([C@H](NC(=O)[C@H]2CC[C@H](CN)CC2)C(=O)Nc2ccc(C(=O)O)cc2)cc1. The molecule has 1 atom stereocenters. The van der Waals surface area contributed by atoms with E-state index in [0.29, 0.717) is 23.7 Å². The van der Waals surface area contributed by atoms with E-state index in [9.17, 15) is 14.4 Å². The summed E-state index contributed by atoms with van der Waals surface area (Å²) in [5.41, 5.74) is 8.00. The van der Waals surface area contributed by atoms with Gasteiger partial charge in [-0.25, -0.2) is 4.79 Å². The van der Waals surface area contributed by atoms with E-state index in [4.69, 9.17) is 10.8 Å². The van der Waals surface area contributed by atoms with Crippen LogP contribution in [0.4, 0.5) is 11.4 Å². The maximum atomic E-state index is 13.2. The van der Waals surface area contributed by atoms with E-state index in [1.54, 1.807) is 0 Å². The Morgan fingerprint density at radius 1 is 1.00 bits per heavy atom. The van der Waals surface area contributed by atoms with Crippen LogP contribution in [-0.4, -0.2) is 43.5 Å². The van der Waals surface area contributed by atoms with Gasteiger partial charge in [0.1, 0.15) is 6.04 Å². The quantitative estimate of drug-likeness (QED) is 0.488. The summed E-state index contributed by atoms with van der Waals surface area (Å²) in [4.78, 5) is 39.3. The second-order valence-electron chi connectivity index (χ2n) is 8.75. The first kappa shape index (κ1) is 24.3. The molecule has 0 bridgehead atoms. The molecule has 0 heterocycles. The molecule has 0 unspecified atom stereocenters. The van der Waals surface area contributed by atoms with E-state index in [1.807, 2.05) is 43.3 Å². The minimum atomic E-state index is -1.04. The lowest BCUT2D eigenvalue weighted by molar-refractivity contribution is -0.130. The van der Waals surface area contributed by atoms with Crippen molar-refractivity contribution in [2.24, 2.45) is 17.6 Å². The fourth-order valence-corrected chi connectivity index (χ4v) is 4.10. The molecule has 0 spiro atoms. The monoisotopic (exact) mass is 452 g/mol. The number of carbonyl (C=O) groups excluding carboxylic acids is 2. The third-order valence-electron chi connectivity index (χ3n) is 6.24. The Kier molecular flexibility index (Phi) is 8.06. The highest BCUT2D eigenvalue weighted by atomic mass is 16.4. The number of nitrogens with one attached hydrogen (secondary N) is 2. The van der Waals surface area contributed by atoms with E-state index in [0.717, 1.165) is 31.4 Å². The summed E-state index contributed by atoms with van der Waals surface area (Å²) in [7, 11) is 3.86. The molecule has 0 aliphatic heterocycles. The summed E-state index contributed by atoms with van der Waals surface area (Å²) in [6.45, 7) is 0.637. The average molecular weight is 453 g/mol. The number of aromatic carboxylic acids is 1. The van der Waals surface area contributed by atoms with Gasteiger partial charge in [0.05, 0.1) is 5.56 Å². The highest BCUT2D eigenvalue weighted by molar-refractivity contribution is 5.98. The first-order chi connectivity index (χ1) is 15.8. The summed E-state index contributed by atoms with van der Waals surface area (Å²) in [5, 5.41) is 14.8. The number of carbonyl (C=O) groups is 3. The van der Waals surface area contributed by atoms with Gasteiger partial charge in [-0.15, -0.1) is 0 Å². The molecule has 1 fully saturated rings. The zero-order chi connectivity index (χ0) is 24.0. The van der Waals surface area contributed by atoms with Gasteiger partial charge in [0, 0.05) is 31.4 Å². The summed E-state index contributed by atoms with van der Waals surface area (Å²) >= 11 is 0. The Balaban J connectivity index is 1.77. The van der Waals surface area contributed by atoms with Gasteiger partial charge in [-0.1, -0.05) is 12.1 Å². The number of nitrogens with zero attached hydrogens (tertiary/aromatic N) is 1. The lowest BCUT2D eigenvalue weighted by atomic mass is 9.81. The van der Waals surface area contributed by atoms with Crippen molar-refractivity contribution < 1.29 is 19.5 Å². The van der Waals surface area contributed by atoms with Crippen LogP contribution in [-0.2, 0) is 9.59 Å². The largest absolute Gasteiger partial charge is 0.478 e. The fraction of sp³-hybridized carbons (Fsp3) is 0.400. The van der Waals surface area contributed by atoms with Gasteiger partial charge in [-0.2, -0.15) is 0 Å². The van der Waals surface area contributed by atoms with Gasteiger partial charge in [-0.05, 0) is 80.1 Å². The summed E-state index contributed by atoms with van der Waals surface area (Å²) in [6, 6.07) is 12.5. The average Bonchev–Trinajstić information content (AvgIpc) is 2.82. The van der Waals surface area contributed by atoms with Crippen LogP contribution in [0.2, 0.25) is 0 Å². The molecule has 0 radical (unpaired) electrons. The van der Waals surface area contributed by atoms with Crippen molar-refractivity contribution >= 4 is 29.2 Å². The lowest BCUT2D eigenvalue weighted by Crippen LogP contribution is -2.41. The van der Waals surface area contributed by atoms with E-state index < -0.39 is 12.0 Å². The molecule has 2 aromatic rings. The molecule has 2 amide bonds. The predicted molar refractivity (Wildman–Crippen MR) is 128 cm³/mol. The third-order valence-corrected chi connectivity index (χ3v) is 6.24. The number of carboxylic acids is 1. The Morgan fingerprint density at radius 2 is 1.61 bits per heavy atom. The topological polar surface area (TPSA) is 125 Å². The number of amides is 2. The van der Waals surface area contributed by atoms with E-state index in [1.165, 1.54) is 24.3 Å². The highest BCUT2D eigenvalue weighted by Crippen LogP contribution is 2.29. The molecule has 8 heteroatoms. The standard InChI is InChI=1S/C25H32N4O4/c1-29(2)21-13-9-17(10-14-21)22(28-23(30)18-5-3-16(15-26)4-6-18)24(31)27-20-11-7-19(8-12-20)25(32)33/h7-14,16,18,22H,3-6,15,26H2,1-2H3,(H,27,31)(H,28,30)(H,32,33)/t16-,18-,22-/m0/s1. The molecule has 0 saturated heterocycles. The molecular formula is C25H32N4O4. The molecule has 8 nitrogen and oxygen atoms in total. The molecule has 1 saturated carbocycles. The molecule has 176 valence electrons. The molecule has 2 aromatic carbocycles. The zero-order valence-electron chi connectivity index (χ0n) is 19.1. The van der Waals surface area contributed by atoms with Crippen molar-refractivity contribution in [1.29, 1.82) is 0 Å². The maximum Gasteiger partial charge on any atom is 0.335 e. The van der Waals surface area contributed by atoms with Gasteiger partial charge in [-0.3, -0.25) is 9.59 Å². The number of carboxylic acid groups (broad SMARTS) is 1. The molecule has 1 aliphatic carbocycles. The van der Waals surface area contributed by atoms with Crippen LogP contribution in [0, 0.1) is 11.8 Å². The van der Waals surface area contributed by atoms with Crippen molar-refractivity contribution in [1.82, 2.24) is 5.32 Å². The van der Waals surface area contributed by atoms with Crippen LogP contribution in [0.3, 0.4) is 0 Å². The normalized spacial score (nSPS) is 18.8. The molecular weight excluding hydrogens is 420 g/mol. The van der Waals surface area contributed by atoms with Gasteiger partial charge in [0.2, 0.25) is 5.91 Å². The summed E-state index contributed by atoms with van der Waals surface area (Å²) in [5.74, 6) is -1.24. The fourth-order valence-electron chi connectivity index (χ4n) is 4.10. The van der Waals surface area contributed by atoms with Gasteiger partial charge in [0.15, 0.2) is 0 Å². The van der Waals surface area contributed by atoms with Crippen LogP contribution >= 0.6 is 0 Å². The van der Waals surface area contributed by atoms with Crippen molar-refractivity contribution in [3.8, 4) is 0 Å². The van der Waals surface area contributed by atoms with Gasteiger partial charge >= 0.3 is 5.97 Å². The lowest BCUT2D eigenvalue weighted by Gasteiger charge is -2.28. The van der Waals surface area contributed by atoms with E-state index >= 15 is 0 Å². The van der Waals surface area contributed by atoms with Crippen molar-refractivity contribution in [3.63, 3.8) is 0 Å². The number of rotatable bonds is 8. The Hall–Kier alpha value is -3.39. The molecule has 5 N–H and O–H groups in total. The van der Waals surface area contributed by atoms with Crippen molar-refractivity contribution in [2.45, 2.75) is 31.7 Å².